The van der Waals surface area contributed by atoms with E-state index < -0.39 is 12.2 Å². The average molecular weight is 438 g/mol. The van der Waals surface area contributed by atoms with Crippen molar-refractivity contribution >= 4 is 23.3 Å². The molecule has 0 bridgehead atoms. The van der Waals surface area contributed by atoms with Gasteiger partial charge < -0.3 is 26.5 Å². The number of hydrazine groups is 1. The molecule has 0 unspecified atom stereocenters. The number of amides is 2. The van der Waals surface area contributed by atoms with Gasteiger partial charge in [-0.1, -0.05) is 42.5 Å². The molecular formula is C22H26N6O4. The van der Waals surface area contributed by atoms with Gasteiger partial charge in [0, 0.05) is 19.0 Å². The number of fused-ring (bicyclic) bond motifs is 1. The van der Waals surface area contributed by atoms with Crippen molar-refractivity contribution in [1.29, 1.82) is 0 Å². The molecule has 0 saturated carbocycles. The topological polar surface area (TPSA) is 138 Å². The van der Waals surface area contributed by atoms with Gasteiger partial charge in [0.25, 0.3) is 0 Å². The Morgan fingerprint density at radius 1 is 1.12 bits per heavy atom. The largest absolute Gasteiger partial charge is 0.382 e. The highest BCUT2D eigenvalue weighted by atomic mass is 16.7. The number of nitrogens with one attached hydrogen (secondary N) is 4. The monoisotopic (exact) mass is 438 g/mol. The van der Waals surface area contributed by atoms with Gasteiger partial charge in [0.15, 0.2) is 17.7 Å². The third-order valence-electron chi connectivity index (χ3n) is 5.35. The molecule has 32 heavy (non-hydrogen) atoms. The summed E-state index contributed by atoms with van der Waals surface area (Å²) in [4.78, 5) is 43.5. The Bertz CT molecular complexity index is 960. The molecule has 0 aliphatic carbocycles. The highest BCUT2D eigenvalue weighted by Gasteiger charge is 2.37. The van der Waals surface area contributed by atoms with Crippen molar-refractivity contribution < 1.29 is 19.2 Å². The number of benzene rings is 2. The zero-order valence-corrected chi connectivity index (χ0v) is 17.4. The first-order valence-electron chi connectivity index (χ1n) is 10.5. The van der Waals surface area contributed by atoms with Crippen LogP contribution in [0.1, 0.15) is 12.0 Å². The number of para-hydroxylation sites is 2. The third kappa shape index (κ3) is 5.05. The van der Waals surface area contributed by atoms with Crippen LogP contribution < -0.4 is 31.9 Å². The fourth-order valence-electron chi connectivity index (χ4n) is 3.73. The number of nitrogens with zero attached hydrogens (tertiary/aromatic N) is 1. The molecule has 2 aliphatic heterocycles. The van der Waals surface area contributed by atoms with Gasteiger partial charge in [0.2, 0.25) is 11.8 Å². The molecule has 0 aromatic heterocycles. The Hall–Kier alpha value is -3.47. The maximum atomic E-state index is 13.2. The summed E-state index contributed by atoms with van der Waals surface area (Å²) < 4.78 is 0. The maximum absolute atomic E-state index is 13.2. The van der Waals surface area contributed by atoms with Gasteiger partial charge in [0.1, 0.15) is 0 Å². The number of nitrogens with two attached hydrogens (primary N) is 1. The van der Waals surface area contributed by atoms with Crippen molar-refractivity contribution in [3.8, 4) is 5.75 Å². The number of hydroxylamine groups is 1. The first-order chi connectivity index (χ1) is 15.5. The Balaban J connectivity index is 1.45. The number of Topliss-reactive ketones (excluding diaryl/α,β-unsaturated/α-hetero) is 1. The van der Waals surface area contributed by atoms with Crippen LogP contribution in [0.15, 0.2) is 54.6 Å². The second kappa shape index (κ2) is 9.77. The van der Waals surface area contributed by atoms with E-state index in [9.17, 15) is 14.4 Å². The Kier molecular flexibility index (Phi) is 6.64. The van der Waals surface area contributed by atoms with E-state index in [4.69, 9.17) is 10.6 Å². The summed E-state index contributed by atoms with van der Waals surface area (Å²) in [5.74, 6) is -0.317. The quantitative estimate of drug-likeness (QED) is 0.378. The summed E-state index contributed by atoms with van der Waals surface area (Å²) in [6, 6.07) is 15.8. The van der Waals surface area contributed by atoms with Crippen LogP contribution in [0.4, 0.5) is 5.69 Å². The third-order valence-corrected chi connectivity index (χ3v) is 5.35. The van der Waals surface area contributed by atoms with Crippen molar-refractivity contribution in [2.24, 2.45) is 5.73 Å². The highest BCUT2D eigenvalue weighted by Crippen LogP contribution is 2.31. The molecule has 1 fully saturated rings. The van der Waals surface area contributed by atoms with Crippen molar-refractivity contribution in [3.05, 3.63) is 60.2 Å². The lowest BCUT2D eigenvalue weighted by Gasteiger charge is -2.26. The van der Waals surface area contributed by atoms with Gasteiger partial charge in [-0.25, -0.2) is 0 Å². The molecular weight excluding hydrogens is 412 g/mol. The molecule has 0 radical (unpaired) electrons. The van der Waals surface area contributed by atoms with Crippen LogP contribution in [-0.2, 0) is 20.8 Å². The van der Waals surface area contributed by atoms with Crippen LogP contribution in [0.25, 0.3) is 0 Å². The summed E-state index contributed by atoms with van der Waals surface area (Å²) in [6.45, 7) is 0.332. The van der Waals surface area contributed by atoms with E-state index in [1.54, 1.807) is 6.07 Å². The normalized spacial score (nSPS) is 20.5. The second-order valence-electron chi connectivity index (χ2n) is 7.73. The zero-order valence-electron chi connectivity index (χ0n) is 17.4. The Morgan fingerprint density at radius 2 is 1.88 bits per heavy atom. The van der Waals surface area contributed by atoms with Crippen LogP contribution in [0, 0.1) is 0 Å². The molecule has 10 heteroatoms. The number of hydrogen-bond donors (Lipinski definition) is 5. The molecule has 168 valence electrons. The standard InChI is InChI=1S/C22H26N6O4/c23-12-20(30)25-15-11-17(24-13-15)22(31)26-21(18(29)10-14-6-2-1-3-7-14)28-27-16-8-4-5-9-19(16)32-28/h1-9,15,17,21,24,27H,10-13,23H2,(H,25,30)(H,26,31)/t15-,17+,21+/m1/s1. The second-order valence-corrected chi connectivity index (χ2v) is 7.73. The zero-order chi connectivity index (χ0) is 22.5. The van der Waals surface area contributed by atoms with Gasteiger partial charge in [-0.2, -0.15) is 0 Å². The molecule has 2 aliphatic rings. The maximum Gasteiger partial charge on any atom is 0.238 e. The number of rotatable bonds is 8. The summed E-state index contributed by atoms with van der Waals surface area (Å²) in [7, 11) is 0. The van der Waals surface area contributed by atoms with E-state index in [1.807, 2.05) is 48.5 Å². The van der Waals surface area contributed by atoms with E-state index in [0.717, 1.165) is 5.56 Å². The predicted octanol–water partition coefficient (Wildman–Crippen LogP) is -0.318. The molecule has 2 aromatic rings. The summed E-state index contributed by atoms with van der Waals surface area (Å²) in [5, 5.41) is 9.90. The van der Waals surface area contributed by atoms with E-state index in [1.165, 1.54) is 5.17 Å². The smallest absolute Gasteiger partial charge is 0.238 e. The molecule has 3 atom stereocenters. The van der Waals surface area contributed by atoms with Gasteiger partial charge >= 0.3 is 0 Å². The lowest BCUT2D eigenvalue weighted by atomic mass is 10.1. The van der Waals surface area contributed by atoms with Gasteiger partial charge in [-0.05, 0) is 29.3 Å². The van der Waals surface area contributed by atoms with E-state index in [2.05, 4.69) is 21.4 Å². The van der Waals surface area contributed by atoms with Gasteiger partial charge in [0.05, 0.1) is 18.3 Å². The van der Waals surface area contributed by atoms with Crippen LogP contribution in [0.2, 0.25) is 0 Å². The molecule has 2 aromatic carbocycles. The number of carbonyl (C=O) groups excluding carboxylic acids is 3. The Morgan fingerprint density at radius 3 is 2.62 bits per heavy atom. The molecule has 10 nitrogen and oxygen atoms in total. The van der Waals surface area contributed by atoms with Crippen LogP contribution in [0.3, 0.4) is 0 Å². The molecule has 0 spiro atoms. The predicted molar refractivity (Wildman–Crippen MR) is 117 cm³/mol. The SMILES string of the molecule is NCC(=O)N[C@H]1CN[C@H](C(=O)N[C@H](C(=O)Cc2ccccc2)N2Nc3ccccc3O2)C1. The van der Waals surface area contributed by atoms with Gasteiger partial charge in [-0.3, -0.25) is 19.8 Å². The fourth-order valence-corrected chi connectivity index (χ4v) is 3.73. The van der Waals surface area contributed by atoms with E-state index in [0.29, 0.717) is 24.4 Å². The van der Waals surface area contributed by atoms with Crippen molar-refractivity contribution in [1.82, 2.24) is 21.1 Å². The number of hydrogen-bond acceptors (Lipinski definition) is 8. The van der Waals surface area contributed by atoms with E-state index in [-0.39, 0.29) is 36.6 Å². The number of carbonyl (C=O) groups is 3. The Labute approximate surface area is 185 Å². The molecule has 2 heterocycles. The van der Waals surface area contributed by atoms with Gasteiger partial charge in [-0.15, -0.1) is 0 Å². The van der Waals surface area contributed by atoms with Crippen LogP contribution in [0.5, 0.6) is 5.75 Å². The molecule has 2 amide bonds. The van der Waals surface area contributed by atoms with Crippen LogP contribution in [-0.4, -0.2) is 54.1 Å². The minimum Gasteiger partial charge on any atom is -0.382 e. The lowest BCUT2D eigenvalue weighted by Crippen LogP contribution is -2.58. The van der Waals surface area contributed by atoms with Crippen molar-refractivity contribution in [2.75, 3.05) is 18.5 Å². The fraction of sp³-hybridized carbons (Fsp3) is 0.318. The van der Waals surface area contributed by atoms with Crippen molar-refractivity contribution in [3.63, 3.8) is 0 Å². The minimum absolute atomic E-state index is 0.109. The molecule has 6 N–H and O–H groups in total. The first kappa shape index (κ1) is 21.8. The van der Waals surface area contributed by atoms with Crippen LogP contribution >= 0.6 is 0 Å². The first-order valence-corrected chi connectivity index (χ1v) is 10.5. The minimum atomic E-state index is -1.06. The lowest BCUT2D eigenvalue weighted by molar-refractivity contribution is -0.144. The molecule has 1 saturated heterocycles. The highest BCUT2D eigenvalue weighted by molar-refractivity contribution is 5.92. The summed E-state index contributed by atoms with van der Waals surface area (Å²) in [6.07, 6.45) is -0.544. The average Bonchev–Trinajstić information content (AvgIpc) is 3.44. The number of ketones is 1. The number of anilines is 1. The summed E-state index contributed by atoms with van der Waals surface area (Å²) >= 11 is 0. The van der Waals surface area contributed by atoms with E-state index >= 15 is 0 Å². The molecule has 4 rings (SSSR count). The summed E-state index contributed by atoms with van der Waals surface area (Å²) in [5.41, 5.74) is 9.89. The van der Waals surface area contributed by atoms with Crippen molar-refractivity contribution in [2.45, 2.75) is 31.1 Å².